The molecular weight excluding hydrogens is 264 g/mol. The molecule has 0 radical (unpaired) electrons. The van der Waals surface area contributed by atoms with E-state index >= 15 is 0 Å². The summed E-state index contributed by atoms with van der Waals surface area (Å²) >= 11 is 0. The molecule has 2 N–H and O–H groups in total. The third-order valence-electron chi connectivity index (χ3n) is 3.87. The first-order valence-electron chi connectivity index (χ1n) is 8.50. The Balaban J connectivity index is 2.33. The third-order valence-corrected chi connectivity index (χ3v) is 3.87. The first kappa shape index (κ1) is 17.8. The van der Waals surface area contributed by atoms with Crippen molar-refractivity contribution in [1.29, 1.82) is 0 Å². The van der Waals surface area contributed by atoms with E-state index in [9.17, 15) is 4.79 Å². The van der Waals surface area contributed by atoms with Gasteiger partial charge in [0.1, 0.15) is 0 Å². The number of guanidine groups is 1. The second kappa shape index (κ2) is 10.5. The predicted octanol–water partition coefficient (Wildman–Crippen LogP) is 2.13. The van der Waals surface area contributed by atoms with E-state index in [1.807, 2.05) is 4.90 Å². The van der Waals surface area contributed by atoms with Crippen LogP contribution in [0, 0.1) is 0 Å². The second-order valence-electron chi connectivity index (χ2n) is 5.76. The number of rotatable bonds is 7. The summed E-state index contributed by atoms with van der Waals surface area (Å²) < 4.78 is 0. The summed E-state index contributed by atoms with van der Waals surface area (Å²) in [5.41, 5.74) is 0. The number of nitrogens with zero attached hydrogens (tertiary/aromatic N) is 2. The quantitative estimate of drug-likeness (QED) is 0.430. The zero-order valence-electron chi connectivity index (χ0n) is 14.0. The number of hydrogen-bond acceptors (Lipinski definition) is 2. The molecule has 0 aromatic heterocycles. The molecule has 0 saturated carbocycles. The number of carbonyl (C=O) groups excluding carboxylic acids is 1. The fourth-order valence-electron chi connectivity index (χ4n) is 2.38. The van der Waals surface area contributed by atoms with Gasteiger partial charge in [-0.25, -0.2) is 0 Å². The van der Waals surface area contributed by atoms with Crippen molar-refractivity contribution in [3.8, 4) is 0 Å². The van der Waals surface area contributed by atoms with Crippen molar-refractivity contribution >= 4 is 11.9 Å². The lowest BCUT2D eigenvalue weighted by atomic mass is 10.2. The standard InChI is InChI=1S/C16H32N4O/c1-4-14(3)19-16(17-5-2)18-11-9-13-20-12-8-6-7-10-15(20)21/h14H,4-13H2,1-3H3,(H2,17,18,19). The van der Waals surface area contributed by atoms with Gasteiger partial charge in [0.2, 0.25) is 5.91 Å². The average Bonchev–Trinajstić information content (AvgIpc) is 2.68. The molecule has 1 amide bonds. The fraction of sp³-hybridized carbons (Fsp3) is 0.875. The van der Waals surface area contributed by atoms with Crippen LogP contribution in [-0.4, -0.2) is 49.0 Å². The van der Waals surface area contributed by atoms with Crippen molar-refractivity contribution in [3.63, 3.8) is 0 Å². The molecule has 1 aliphatic heterocycles. The summed E-state index contributed by atoms with van der Waals surface area (Å²) in [7, 11) is 0. The molecule has 5 nitrogen and oxygen atoms in total. The van der Waals surface area contributed by atoms with Gasteiger partial charge in [0.15, 0.2) is 5.96 Å². The first-order valence-corrected chi connectivity index (χ1v) is 8.50. The molecule has 1 atom stereocenters. The maximum absolute atomic E-state index is 11.9. The van der Waals surface area contributed by atoms with Gasteiger partial charge in [0.25, 0.3) is 0 Å². The molecule has 1 fully saturated rings. The Kier molecular flexibility index (Phi) is 8.87. The Bertz CT molecular complexity index is 330. The lowest BCUT2D eigenvalue weighted by molar-refractivity contribution is -0.130. The van der Waals surface area contributed by atoms with Crippen LogP contribution in [0.5, 0.6) is 0 Å². The number of likely N-dealkylation sites (tertiary alicyclic amines) is 1. The molecule has 21 heavy (non-hydrogen) atoms. The molecule has 1 rings (SSSR count). The van der Waals surface area contributed by atoms with Crippen LogP contribution in [0.2, 0.25) is 0 Å². The van der Waals surface area contributed by atoms with Crippen LogP contribution in [0.4, 0.5) is 0 Å². The van der Waals surface area contributed by atoms with Crippen LogP contribution in [0.1, 0.15) is 59.3 Å². The van der Waals surface area contributed by atoms with Crippen molar-refractivity contribution in [3.05, 3.63) is 0 Å². The molecule has 0 spiro atoms. The number of aliphatic imine (C=N–C) groups is 1. The van der Waals surface area contributed by atoms with Crippen molar-refractivity contribution < 1.29 is 4.79 Å². The molecule has 0 aliphatic carbocycles. The molecule has 1 heterocycles. The molecule has 122 valence electrons. The normalized spacial score (nSPS) is 18.3. The highest BCUT2D eigenvalue weighted by molar-refractivity contribution is 5.80. The molecule has 5 heteroatoms. The topological polar surface area (TPSA) is 56.7 Å². The van der Waals surface area contributed by atoms with Crippen molar-refractivity contribution in [1.82, 2.24) is 15.5 Å². The van der Waals surface area contributed by atoms with E-state index in [0.29, 0.717) is 11.9 Å². The third kappa shape index (κ3) is 7.34. The minimum atomic E-state index is 0.320. The summed E-state index contributed by atoms with van der Waals surface area (Å²) in [5, 5.41) is 6.65. The Morgan fingerprint density at radius 2 is 2.14 bits per heavy atom. The van der Waals surface area contributed by atoms with Crippen LogP contribution < -0.4 is 10.6 Å². The zero-order valence-corrected chi connectivity index (χ0v) is 14.0. The number of hydrogen-bond donors (Lipinski definition) is 2. The van der Waals surface area contributed by atoms with Gasteiger partial charge in [-0.05, 0) is 39.5 Å². The van der Waals surface area contributed by atoms with Crippen LogP contribution in [0.3, 0.4) is 0 Å². The lowest BCUT2D eigenvalue weighted by Crippen LogP contribution is -2.42. The summed E-state index contributed by atoms with van der Waals surface area (Å²) in [4.78, 5) is 18.5. The van der Waals surface area contributed by atoms with Crippen LogP contribution in [0.15, 0.2) is 4.99 Å². The smallest absolute Gasteiger partial charge is 0.222 e. The van der Waals surface area contributed by atoms with Gasteiger partial charge in [-0.3, -0.25) is 9.79 Å². The molecule has 1 aliphatic rings. The molecule has 1 unspecified atom stereocenters. The van der Waals surface area contributed by atoms with Crippen LogP contribution >= 0.6 is 0 Å². The van der Waals surface area contributed by atoms with Crippen molar-refractivity contribution in [2.45, 2.75) is 65.3 Å². The highest BCUT2D eigenvalue weighted by Crippen LogP contribution is 2.11. The van der Waals surface area contributed by atoms with Crippen molar-refractivity contribution in [2.75, 3.05) is 26.2 Å². The minimum Gasteiger partial charge on any atom is -0.357 e. The van der Waals surface area contributed by atoms with E-state index in [-0.39, 0.29) is 0 Å². The Morgan fingerprint density at radius 1 is 1.33 bits per heavy atom. The molecule has 1 saturated heterocycles. The summed E-state index contributed by atoms with van der Waals surface area (Å²) in [6.45, 7) is 9.78. The number of carbonyl (C=O) groups is 1. The van der Waals surface area contributed by atoms with E-state index in [1.54, 1.807) is 0 Å². The second-order valence-corrected chi connectivity index (χ2v) is 5.76. The molecular formula is C16H32N4O. The first-order chi connectivity index (χ1) is 10.2. The van der Waals surface area contributed by atoms with E-state index in [1.165, 1.54) is 6.42 Å². The van der Waals surface area contributed by atoms with Gasteiger partial charge in [-0.15, -0.1) is 0 Å². The van der Waals surface area contributed by atoms with Gasteiger partial charge in [-0.2, -0.15) is 0 Å². The van der Waals surface area contributed by atoms with Gasteiger partial charge < -0.3 is 15.5 Å². The Labute approximate surface area is 129 Å². The fourth-order valence-corrected chi connectivity index (χ4v) is 2.38. The van der Waals surface area contributed by atoms with Crippen molar-refractivity contribution in [2.24, 2.45) is 4.99 Å². The highest BCUT2D eigenvalue weighted by atomic mass is 16.2. The van der Waals surface area contributed by atoms with Gasteiger partial charge in [0, 0.05) is 38.6 Å². The Morgan fingerprint density at radius 3 is 2.86 bits per heavy atom. The minimum absolute atomic E-state index is 0.320. The zero-order chi connectivity index (χ0) is 15.5. The van der Waals surface area contributed by atoms with Crippen LogP contribution in [0.25, 0.3) is 0 Å². The predicted molar refractivity (Wildman–Crippen MR) is 88.5 cm³/mol. The van der Waals surface area contributed by atoms with Gasteiger partial charge in [0.05, 0.1) is 0 Å². The van der Waals surface area contributed by atoms with E-state index in [4.69, 9.17) is 0 Å². The number of amides is 1. The largest absolute Gasteiger partial charge is 0.357 e. The lowest BCUT2D eigenvalue weighted by Gasteiger charge is -2.20. The van der Waals surface area contributed by atoms with Gasteiger partial charge in [-0.1, -0.05) is 13.3 Å². The van der Waals surface area contributed by atoms with E-state index < -0.39 is 0 Å². The Hall–Kier alpha value is -1.26. The summed E-state index contributed by atoms with van der Waals surface area (Å²) in [5.74, 6) is 1.20. The molecule has 0 aromatic carbocycles. The SMILES string of the molecule is CCNC(=NCCCN1CCCCCC1=O)NC(C)CC. The average molecular weight is 296 g/mol. The maximum Gasteiger partial charge on any atom is 0.222 e. The molecule has 0 aromatic rings. The van der Waals surface area contributed by atoms with Gasteiger partial charge >= 0.3 is 0 Å². The maximum atomic E-state index is 11.9. The molecule has 0 bridgehead atoms. The summed E-state index contributed by atoms with van der Waals surface area (Å²) in [6.07, 6.45) is 6.12. The van der Waals surface area contributed by atoms with E-state index in [0.717, 1.165) is 64.2 Å². The monoisotopic (exact) mass is 296 g/mol. The number of nitrogens with one attached hydrogen (secondary N) is 2. The van der Waals surface area contributed by atoms with Crippen LogP contribution in [-0.2, 0) is 4.79 Å². The van der Waals surface area contributed by atoms with E-state index in [2.05, 4.69) is 36.4 Å². The highest BCUT2D eigenvalue weighted by Gasteiger charge is 2.15. The summed E-state index contributed by atoms with van der Waals surface area (Å²) in [6, 6.07) is 0.426.